The summed E-state index contributed by atoms with van der Waals surface area (Å²) in [6.45, 7) is 5.58. The molecule has 10 nitrogen and oxygen atoms in total. The monoisotopic (exact) mass is 454 g/mol. The number of anilines is 2. The summed E-state index contributed by atoms with van der Waals surface area (Å²) in [6.07, 6.45) is 3.27. The van der Waals surface area contributed by atoms with Crippen LogP contribution in [0.2, 0.25) is 0 Å². The number of piperazine rings is 1. The Kier molecular flexibility index (Phi) is 7.59. The molecule has 1 unspecified atom stereocenters. The van der Waals surface area contributed by atoms with Crippen molar-refractivity contribution in [1.82, 2.24) is 20.0 Å². The number of fused-ring (bicyclic) bond motifs is 1. The van der Waals surface area contributed by atoms with E-state index in [0.29, 0.717) is 56.7 Å². The van der Waals surface area contributed by atoms with Crippen molar-refractivity contribution in [1.29, 1.82) is 0 Å². The minimum Gasteiger partial charge on any atom is -0.393 e. The second-order valence-corrected chi connectivity index (χ2v) is 10.5. The molecule has 2 saturated heterocycles. The summed E-state index contributed by atoms with van der Waals surface area (Å²) in [4.78, 5) is 11.6. The van der Waals surface area contributed by atoms with Crippen LogP contribution in [0, 0.1) is 5.92 Å². The van der Waals surface area contributed by atoms with Crippen LogP contribution < -0.4 is 20.3 Å². The summed E-state index contributed by atoms with van der Waals surface area (Å²) in [5, 5.41) is 16.7. The Morgan fingerprint density at radius 1 is 1.16 bits per heavy atom. The zero-order valence-electron chi connectivity index (χ0n) is 18.0. The molecule has 1 atom stereocenters. The SMILES string of the molecule is O=S(=O)(CCNc1nc(N2CCNCC2)nc2c1CC(O)CC2)NCC1CCOCC1. The van der Waals surface area contributed by atoms with Gasteiger partial charge in [0.2, 0.25) is 16.0 Å². The summed E-state index contributed by atoms with van der Waals surface area (Å²) in [6, 6.07) is 0. The van der Waals surface area contributed by atoms with Crippen molar-refractivity contribution in [3.8, 4) is 0 Å². The smallest absolute Gasteiger partial charge is 0.227 e. The van der Waals surface area contributed by atoms with E-state index in [1.165, 1.54) is 0 Å². The first-order valence-electron chi connectivity index (χ1n) is 11.3. The van der Waals surface area contributed by atoms with Crippen molar-refractivity contribution >= 4 is 21.8 Å². The van der Waals surface area contributed by atoms with E-state index >= 15 is 0 Å². The Labute approximate surface area is 184 Å². The van der Waals surface area contributed by atoms with Gasteiger partial charge in [-0.05, 0) is 31.6 Å². The van der Waals surface area contributed by atoms with Gasteiger partial charge >= 0.3 is 0 Å². The fourth-order valence-electron chi connectivity index (χ4n) is 4.30. The van der Waals surface area contributed by atoms with Crippen molar-refractivity contribution in [2.75, 3.05) is 68.5 Å². The van der Waals surface area contributed by atoms with E-state index in [2.05, 4.69) is 20.3 Å². The summed E-state index contributed by atoms with van der Waals surface area (Å²) < 4.78 is 33.0. The van der Waals surface area contributed by atoms with Gasteiger partial charge in [0.15, 0.2) is 0 Å². The topological polar surface area (TPSA) is 129 Å². The average molecular weight is 455 g/mol. The first-order valence-corrected chi connectivity index (χ1v) is 13.0. The molecule has 4 N–H and O–H groups in total. The van der Waals surface area contributed by atoms with Gasteiger partial charge in [0, 0.05) is 64.5 Å². The van der Waals surface area contributed by atoms with E-state index < -0.39 is 16.1 Å². The van der Waals surface area contributed by atoms with Crippen LogP contribution >= 0.6 is 0 Å². The minimum absolute atomic E-state index is 0.0273. The lowest BCUT2D eigenvalue weighted by Gasteiger charge is -2.30. The fraction of sp³-hybridized carbons (Fsp3) is 0.800. The lowest BCUT2D eigenvalue weighted by molar-refractivity contribution is 0.0678. The van der Waals surface area contributed by atoms with Crippen LogP contribution in [0.25, 0.3) is 0 Å². The zero-order chi connectivity index (χ0) is 21.7. The number of aliphatic hydroxyl groups excluding tert-OH is 1. The van der Waals surface area contributed by atoms with Crippen molar-refractivity contribution in [2.45, 2.75) is 38.2 Å². The average Bonchev–Trinajstić information content (AvgIpc) is 2.79. The van der Waals surface area contributed by atoms with Crippen LogP contribution in [0.3, 0.4) is 0 Å². The molecule has 1 aromatic rings. The highest BCUT2D eigenvalue weighted by molar-refractivity contribution is 7.89. The molecular weight excluding hydrogens is 420 g/mol. The molecule has 31 heavy (non-hydrogen) atoms. The van der Waals surface area contributed by atoms with Crippen molar-refractivity contribution in [3.63, 3.8) is 0 Å². The Morgan fingerprint density at radius 2 is 1.94 bits per heavy atom. The van der Waals surface area contributed by atoms with E-state index in [4.69, 9.17) is 14.7 Å². The normalized spacial score (nSPS) is 22.9. The predicted molar refractivity (Wildman–Crippen MR) is 119 cm³/mol. The third kappa shape index (κ3) is 6.26. The van der Waals surface area contributed by atoms with E-state index in [-0.39, 0.29) is 12.3 Å². The lowest BCUT2D eigenvalue weighted by atomic mass is 9.94. The predicted octanol–water partition coefficient (Wildman–Crippen LogP) is -0.506. The molecule has 0 bridgehead atoms. The molecule has 4 rings (SSSR count). The molecule has 2 fully saturated rings. The molecular formula is C20H34N6O4S. The highest BCUT2D eigenvalue weighted by Crippen LogP contribution is 2.28. The number of hydrogen-bond acceptors (Lipinski definition) is 9. The van der Waals surface area contributed by atoms with Crippen molar-refractivity contribution in [3.05, 3.63) is 11.3 Å². The highest BCUT2D eigenvalue weighted by atomic mass is 32.2. The summed E-state index contributed by atoms with van der Waals surface area (Å²) in [5.74, 6) is 1.64. The number of aliphatic hydroxyl groups is 1. The van der Waals surface area contributed by atoms with Gasteiger partial charge < -0.3 is 25.4 Å². The first-order chi connectivity index (χ1) is 15.0. The van der Waals surface area contributed by atoms with Gasteiger partial charge in [-0.1, -0.05) is 0 Å². The third-order valence-electron chi connectivity index (χ3n) is 6.23. The maximum absolute atomic E-state index is 12.4. The van der Waals surface area contributed by atoms with Crippen LogP contribution in [0.1, 0.15) is 30.5 Å². The number of aromatic nitrogens is 2. The van der Waals surface area contributed by atoms with Crippen LogP contribution in [0.15, 0.2) is 0 Å². The van der Waals surface area contributed by atoms with Crippen LogP contribution in [-0.2, 0) is 27.6 Å². The second kappa shape index (κ2) is 10.4. The molecule has 0 saturated carbocycles. The van der Waals surface area contributed by atoms with Gasteiger partial charge in [-0.3, -0.25) is 0 Å². The maximum Gasteiger partial charge on any atom is 0.227 e. The highest BCUT2D eigenvalue weighted by Gasteiger charge is 2.25. The van der Waals surface area contributed by atoms with Crippen molar-refractivity contribution in [2.24, 2.45) is 5.92 Å². The molecule has 0 amide bonds. The van der Waals surface area contributed by atoms with E-state index in [0.717, 1.165) is 50.3 Å². The molecule has 1 aromatic heterocycles. The Balaban J connectivity index is 1.39. The zero-order valence-corrected chi connectivity index (χ0v) is 18.8. The molecule has 3 aliphatic rings. The van der Waals surface area contributed by atoms with Crippen molar-refractivity contribution < 1.29 is 18.3 Å². The van der Waals surface area contributed by atoms with Gasteiger partial charge in [0.25, 0.3) is 0 Å². The molecule has 11 heteroatoms. The van der Waals surface area contributed by atoms with Gasteiger partial charge in [0.05, 0.1) is 17.6 Å². The van der Waals surface area contributed by atoms with E-state index in [1.54, 1.807) is 0 Å². The first kappa shape index (κ1) is 22.7. The van der Waals surface area contributed by atoms with Crippen LogP contribution in [-0.4, -0.2) is 87.8 Å². The number of aryl methyl sites for hydroxylation is 1. The third-order valence-corrected chi connectivity index (χ3v) is 7.58. The minimum atomic E-state index is -3.38. The molecule has 3 heterocycles. The standard InChI is InChI=1S/C20H34N6O4S/c27-16-1-2-18-17(13-16)19(25-20(24-18)26-8-5-21-6-9-26)22-7-12-31(28,29)23-14-15-3-10-30-11-4-15/h15-16,21,23,27H,1-14H2,(H,22,24,25). The summed E-state index contributed by atoms with van der Waals surface area (Å²) in [7, 11) is -3.38. The maximum atomic E-state index is 12.4. The molecule has 0 radical (unpaired) electrons. The number of hydrogen-bond donors (Lipinski definition) is 4. The van der Waals surface area contributed by atoms with Crippen LogP contribution in [0.5, 0.6) is 0 Å². The second-order valence-electron chi connectivity index (χ2n) is 8.58. The molecule has 174 valence electrons. The lowest BCUT2D eigenvalue weighted by Crippen LogP contribution is -2.44. The molecule has 0 spiro atoms. The molecule has 0 aromatic carbocycles. The number of sulfonamides is 1. The number of ether oxygens (including phenoxy) is 1. The Hall–Kier alpha value is -1.53. The molecule has 1 aliphatic carbocycles. The van der Waals surface area contributed by atoms with E-state index in [9.17, 15) is 13.5 Å². The fourth-order valence-corrected chi connectivity index (χ4v) is 5.31. The molecule has 2 aliphatic heterocycles. The number of rotatable bonds is 8. The largest absolute Gasteiger partial charge is 0.393 e. The van der Waals surface area contributed by atoms with Crippen LogP contribution in [0.4, 0.5) is 11.8 Å². The summed E-state index contributed by atoms with van der Waals surface area (Å²) >= 11 is 0. The number of nitrogens with one attached hydrogen (secondary N) is 3. The quantitative estimate of drug-likeness (QED) is 0.411. The van der Waals surface area contributed by atoms with Gasteiger partial charge in [-0.15, -0.1) is 0 Å². The Morgan fingerprint density at radius 3 is 2.71 bits per heavy atom. The van der Waals surface area contributed by atoms with Gasteiger partial charge in [-0.25, -0.2) is 18.1 Å². The summed E-state index contributed by atoms with van der Waals surface area (Å²) in [5.41, 5.74) is 1.86. The Bertz CT molecular complexity index is 840. The van der Waals surface area contributed by atoms with E-state index in [1.807, 2.05) is 0 Å². The van der Waals surface area contributed by atoms with Gasteiger partial charge in [-0.2, -0.15) is 4.98 Å². The number of nitrogens with zero attached hydrogens (tertiary/aromatic N) is 3. The van der Waals surface area contributed by atoms with Gasteiger partial charge in [0.1, 0.15) is 5.82 Å².